The van der Waals surface area contributed by atoms with Gasteiger partial charge in [-0.3, -0.25) is 4.79 Å². The molecule has 2 aliphatic heterocycles. The van der Waals surface area contributed by atoms with Crippen LogP contribution in [0.5, 0.6) is 0 Å². The van der Waals surface area contributed by atoms with E-state index in [4.69, 9.17) is 9.15 Å². The van der Waals surface area contributed by atoms with Gasteiger partial charge in [-0.2, -0.15) is 18.2 Å². The smallest absolute Gasteiger partial charge is 0.437 e. The Labute approximate surface area is 225 Å². The van der Waals surface area contributed by atoms with Gasteiger partial charge in [-0.15, -0.1) is 0 Å². The van der Waals surface area contributed by atoms with Crippen molar-refractivity contribution in [2.75, 3.05) is 36.4 Å². The van der Waals surface area contributed by atoms with Crippen LogP contribution in [-0.4, -0.2) is 59.2 Å². The molecule has 5 rings (SSSR count). The van der Waals surface area contributed by atoms with Gasteiger partial charge >= 0.3 is 12.3 Å². The van der Waals surface area contributed by atoms with E-state index in [1.807, 2.05) is 4.90 Å². The summed E-state index contributed by atoms with van der Waals surface area (Å²) in [5.74, 6) is -1.21. The quantitative estimate of drug-likeness (QED) is 0.456. The van der Waals surface area contributed by atoms with E-state index in [1.54, 1.807) is 12.1 Å². The van der Waals surface area contributed by atoms with Gasteiger partial charge in [0.1, 0.15) is 11.9 Å². The van der Waals surface area contributed by atoms with Gasteiger partial charge < -0.3 is 24.3 Å². The molecule has 2 aromatic rings. The molecule has 2 amide bonds. The molecule has 200 valence electrons. The summed E-state index contributed by atoms with van der Waals surface area (Å²) in [6.45, 7) is 2.98. The molecule has 0 unspecified atom stereocenters. The standard InChI is InChI=1S/C24H27F3IN5O4/c25-24(26,27)19-18(37-21(28)31-19)20(34)30-15-5-6-17(29-13-15)33-12-9-23(14-33)7-10-32(11-8-23)22(35)36-16-3-1-2-4-16/h5-6,13,16H,1-4,7-12,14H2,(H,30,34). The van der Waals surface area contributed by atoms with Crippen LogP contribution in [0, 0.1) is 9.31 Å². The molecule has 1 N–H and O–H groups in total. The molecular weight excluding hydrogens is 606 g/mol. The highest BCUT2D eigenvalue weighted by atomic mass is 127. The summed E-state index contributed by atoms with van der Waals surface area (Å²) < 4.78 is 49.7. The first-order valence-electron chi connectivity index (χ1n) is 12.3. The first-order valence-corrected chi connectivity index (χ1v) is 13.4. The second-order valence-electron chi connectivity index (χ2n) is 9.95. The number of rotatable bonds is 4. The van der Waals surface area contributed by atoms with Crippen molar-refractivity contribution in [3.05, 3.63) is 33.7 Å². The minimum atomic E-state index is -4.81. The van der Waals surface area contributed by atoms with Crippen molar-refractivity contribution in [3.63, 3.8) is 0 Å². The van der Waals surface area contributed by atoms with E-state index in [-0.39, 0.29) is 27.2 Å². The number of halogens is 4. The molecule has 1 aliphatic carbocycles. The molecule has 37 heavy (non-hydrogen) atoms. The third-order valence-corrected chi connectivity index (χ3v) is 7.96. The van der Waals surface area contributed by atoms with Crippen molar-refractivity contribution in [2.45, 2.75) is 57.2 Å². The lowest BCUT2D eigenvalue weighted by Crippen LogP contribution is -2.45. The van der Waals surface area contributed by atoms with E-state index < -0.39 is 23.5 Å². The number of carbonyl (C=O) groups is 2. The van der Waals surface area contributed by atoms with Crippen LogP contribution in [0.15, 0.2) is 22.7 Å². The first kappa shape index (κ1) is 26.0. The third-order valence-electron chi connectivity index (χ3n) is 7.50. The van der Waals surface area contributed by atoms with Crippen LogP contribution in [0.2, 0.25) is 0 Å². The van der Waals surface area contributed by atoms with E-state index >= 15 is 0 Å². The molecule has 1 spiro atoms. The topological polar surface area (TPSA) is 101 Å². The van der Waals surface area contributed by atoms with E-state index in [2.05, 4.69) is 20.2 Å². The summed E-state index contributed by atoms with van der Waals surface area (Å²) in [6, 6.07) is 3.33. The minimum Gasteiger partial charge on any atom is -0.446 e. The zero-order valence-electron chi connectivity index (χ0n) is 20.0. The summed E-state index contributed by atoms with van der Waals surface area (Å²) in [4.78, 5) is 36.6. The first-order chi connectivity index (χ1) is 17.6. The lowest BCUT2D eigenvalue weighted by Gasteiger charge is -2.39. The largest absolute Gasteiger partial charge is 0.446 e. The van der Waals surface area contributed by atoms with E-state index in [9.17, 15) is 22.8 Å². The Morgan fingerprint density at radius 2 is 1.84 bits per heavy atom. The van der Waals surface area contributed by atoms with Crippen molar-refractivity contribution in [3.8, 4) is 0 Å². The van der Waals surface area contributed by atoms with Gasteiger partial charge in [0.25, 0.3) is 9.80 Å². The number of hydrogen-bond acceptors (Lipinski definition) is 7. The van der Waals surface area contributed by atoms with Crippen LogP contribution in [-0.2, 0) is 10.9 Å². The molecule has 0 aromatic carbocycles. The van der Waals surface area contributed by atoms with Crippen molar-refractivity contribution in [2.24, 2.45) is 5.41 Å². The average Bonchev–Trinajstić information content (AvgIpc) is 3.61. The molecule has 0 bridgehead atoms. The zero-order chi connectivity index (χ0) is 26.2. The molecular formula is C24H27F3IN5O4. The SMILES string of the molecule is O=C(Nc1ccc(N2CCC3(CCN(C(=O)OC4CCCC4)CC3)C2)nc1)c1oc(I)nc1C(F)(F)F. The van der Waals surface area contributed by atoms with Crippen LogP contribution in [0.3, 0.4) is 0 Å². The number of hydrogen-bond donors (Lipinski definition) is 1. The van der Waals surface area contributed by atoms with Gasteiger partial charge in [-0.25, -0.2) is 9.78 Å². The normalized spacial score (nSPS) is 20.0. The Balaban J connectivity index is 1.15. The number of pyridine rings is 1. The second-order valence-corrected chi connectivity index (χ2v) is 10.9. The molecule has 1 saturated carbocycles. The molecule has 3 fully saturated rings. The number of alkyl halides is 3. The number of anilines is 2. The van der Waals surface area contributed by atoms with Crippen LogP contribution >= 0.6 is 22.6 Å². The summed E-state index contributed by atoms with van der Waals surface area (Å²) in [5.41, 5.74) is -1.01. The molecule has 13 heteroatoms. The Kier molecular flexibility index (Phi) is 7.24. The van der Waals surface area contributed by atoms with Crippen LogP contribution in [0.25, 0.3) is 0 Å². The van der Waals surface area contributed by atoms with E-state index in [1.165, 1.54) is 28.8 Å². The van der Waals surface area contributed by atoms with Crippen molar-refractivity contribution in [1.82, 2.24) is 14.9 Å². The average molecular weight is 633 g/mol. The fourth-order valence-electron chi connectivity index (χ4n) is 5.40. The predicted octanol–water partition coefficient (Wildman–Crippen LogP) is 5.32. The third kappa shape index (κ3) is 5.80. The van der Waals surface area contributed by atoms with Gasteiger partial charge in [-0.1, -0.05) is 0 Å². The fourth-order valence-corrected chi connectivity index (χ4v) is 5.86. The molecule has 0 atom stereocenters. The summed E-state index contributed by atoms with van der Waals surface area (Å²) in [7, 11) is 0. The summed E-state index contributed by atoms with van der Waals surface area (Å²) in [5, 5.41) is 2.39. The number of piperidine rings is 1. The monoisotopic (exact) mass is 633 g/mol. The van der Waals surface area contributed by atoms with Gasteiger partial charge in [0.05, 0.1) is 11.9 Å². The number of oxazole rings is 1. The van der Waals surface area contributed by atoms with Crippen molar-refractivity contribution >= 4 is 46.1 Å². The Morgan fingerprint density at radius 1 is 1.14 bits per heavy atom. The number of carbonyl (C=O) groups excluding carboxylic acids is 2. The van der Waals surface area contributed by atoms with E-state index in [0.717, 1.165) is 63.9 Å². The number of nitrogens with one attached hydrogen (secondary N) is 1. The molecule has 0 radical (unpaired) electrons. The summed E-state index contributed by atoms with van der Waals surface area (Å²) >= 11 is 1.48. The lowest BCUT2D eigenvalue weighted by molar-refractivity contribution is -0.141. The Bertz CT molecular complexity index is 1140. The second kappa shape index (κ2) is 10.3. The fraction of sp³-hybridized carbons (Fsp3) is 0.583. The molecule has 2 aromatic heterocycles. The number of amides is 2. The van der Waals surface area contributed by atoms with Crippen LogP contribution < -0.4 is 10.2 Å². The van der Waals surface area contributed by atoms with Crippen LogP contribution in [0.1, 0.15) is 61.2 Å². The van der Waals surface area contributed by atoms with Crippen molar-refractivity contribution in [1.29, 1.82) is 0 Å². The maximum atomic E-state index is 13.1. The van der Waals surface area contributed by atoms with Gasteiger partial charge in [0.15, 0.2) is 5.69 Å². The van der Waals surface area contributed by atoms with Gasteiger partial charge in [0, 0.05) is 48.8 Å². The number of likely N-dealkylation sites (tertiary alicyclic amines) is 1. The summed E-state index contributed by atoms with van der Waals surface area (Å²) in [6.07, 6.45) is 3.43. The number of ether oxygens (including phenoxy) is 1. The van der Waals surface area contributed by atoms with Crippen LogP contribution in [0.4, 0.5) is 29.5 Å². The lowest BCUT2D eigenvalue weighted by atomic mass is 9.78. The molecule has 2 saturated heterocycles. The van der Waals surface area contributed by atoms with E-state index in [0.29, 0.717) is 13.1 Å². The number of nitrogens with zero attached hydrogens (tertiary/aromatic N) is 4. The minimum absolute atomic E-state index is 0.0652. The number of aromatic nitrogens is 2. The maximum absolute atomic E-state index is 13.1. The predicted molar refractivity (Wildman–Crippen MR) is 135 cm³/mol. The Hall–Kier alpha value is -2.58. The van der Waals surface area contributed by atoms with Gasteiger partial charge in [-0.05, 0) is 62.5 Å². The maximum Gasteiger partial charge on any atom is 0.437 e. The van der Waals surface area contributed by atoms with Crippen molar-refractivity contribution < 1.29 is 31.9 Å². The Morgan fingerprint density at radius 3 is 2.49 bits per heavy atom. The highest BCUT2D eigenvalue weighted by Crippen LogP contribution is 2.42. The van der Waals surface area contributed by atoms with Gasteiger partial charge in [0.2, 0.25) is 5.76 Å². The highest BCUT2D eigenvalue weighted by molar-refractivity contribution is 14.1. The highest BCUT2D eigenvalue weighted by Gasteiger charge is 2.43. The molecule has 4 heterocycles. The zero-order valence-corrected chi connectivity index (χ0v) is 22.2. The molecule has 3 aliphatic rings. The molecule has 9 nitrogen and oxygen atoms in total.